The normalized spacial score (nSPS) is 13.9. The Labute approximate surface area is 170 Å². The highest BCUT2D eigenvalue weighted by Crippen LogP contribution is 2.34. The van der Waals surface area contributed by atoms with Gasteiger partial charge in [-0.2, -0.15) is 0 Å². The van der Waals surface area contributed by atoms with Crippen molar-refractivity contribution in [3.05, 3.63) is 77.9 Å². The Bertz CT molecular complexity index is 966. The lowest BCUT2D eigenvalue weighted by atomic mass is 9.95. The van der Waals surface area contributed by atoms with Crippen molar-refractivity contribution in [2.24, 2.45) is 5.92 Å². The van der Waals surface area contributed by atoms with E-state index in [1.807, 2.05) is 53.2 Å². The van der Waals surface area contributed by atoms with E-state index in [1.54, 1.807) is 12.5 Å². The van der Waals surface area contributed by atoms with Crippen molar-refractivity contribution in [2.75, 3.05) is 13.2 Å². The summed E-state index contributed by atoms with van der Waals surface area (Å²) in [4.78, 5) is 16.9. The van der Waals surface area contributed by atoms with Crippen LogP contribution in [0.2, 0.25) is 0 Å². The molecule has 0 saturated heterocycles. The molecule has 1 amide bonds. The van der Waals surface area contributed by atoms with Crippen molar-refractivity contribution in [2.45, 2.75) is 26.4 Å². The van der Waals surface area contributed by atoms with Crippen LogP contribution in [0.5, 0.6) is 11.5 Å². The van der Waals surface area contributed by atoms with Gasteiger partial charge in [0, 0.05) is 24.5 Å². The van der Waals surface area contributed by atoms with Gasteiger partial charge in [-0.15, -0.1) is 0 Å². The number of aromatic nitrogens is 2. The molecular formula is C23H25N3O3. The van der Waals surface area contributed by atoms with Crippen LogP contribution in [0.4, 0.5) is 0 Å². The van der Waals surface area contributed by atoms with Crippen molar-refractivity contribution >= 4 is 5.91 Å². The molecule has 2 aromatic carbocycles. The zero-order valence-corrected chi connectivity index (χ0v) is 16.7. The number of benzene rings is 2. The van der Waals surface area contributed by atoms with E-state index in [-0.39, 0.29) is 17.9 Å². The van der Waals surface area contributed by atoms with E-state index in [9.17, 15) is 4.79 Å². The fourth-order valence-corrected chi connectivity index (χ4v) is 3.47. The van der Waals surface area contributed by atoms with Gasteiger partial charge in [-0.1, -0.05) is 32.0 Å². The first-order chi connectivity index (χ1) is 14.1. The average Bonchev–Trinajstić information content (AvgIpc) is 3.25. The molecule has 1 aromatic heterocycles. The van der Waals surface area contributed by atoms with Gasteiger partial charge in [-0.25, -0.2) is 4.98 Å². The number of fused-ring (bicyclic) bond motifs is 1. The van der Waals surface area contributed by atoms with E-state index in [1.165, 1.54) is 0 Å². The highest BCUT2D eigenvalue weighted by atomic mass is 16.6. The number of imidazole rings is 1. The minimum absolute atomic E-state index is 0.0900. The van der Waals surface area contributed by atoms with E-state index >= 15 is 0 Å². The molecule has 0 aliphatic carbocycles. The third-order valence-corrected chi connectivity index (χ3v) is 5.02. The van der Waals surface area contributed by atoms with Crippen molar-refractivity contribution in [3.8, 4) is 11.5 Å². The maximum atomic E-state index is 12.9. The molecule has 0 fully saturated rings. The van der Waals surface area contributed by atoms with Gasteiger partial charge >= 0.3 is 0 Å². The lowest BCUT2D eigenvalue weighted by molar-refractivity contribution is 0.0925. The molecule has 1 aliphatic heterocycles. The molecule has 1 atom stereocenters. The Kier molecular flexibility index (Phi) is 5.51. The number of carbonyl (C=O) groups is 1. The first-order valence-corrected chi connectivity index (χ1v) is 9.85. The van der Waals surface area contributed by atoms with Gasteiger partial charge in [0.25, 0.3) is 5.91 Å². The minimum Gasteiger partial charge on any atom is -0.486 e. The molecule has 29 heavy (non-hydrogen) atoms. The molecule has 2 heterocycles. The molecule has 3 aromatic rings. The van der Waals surface area contributed by atoms with Crippen LogP contribution in [0.1, 0.15) is 41.4 Å². The largest absolute Gasteiger partial charge is 0.486 e. The molecule has 0 bridgehead atoms. The topological polar surface area (TPSA) is 65.4 Å². The zero-order chi connectivity index (χ0) is 20.2. The molecule has 1 aliphatic rings. The lowest BCUT2D eigenvalue weighted by Gasteiger charge is -2.25. The van der Waals surface area contributed by atoms with E-state index < -0.39 is 0 Å². The summed E-state index contributed by atoms with van der Waals surface area (Å²) in [6, 6.07) is 13.4. The summed E-state index contributed by atoms with van der Waals surface area (Å²) in [5.41, 5.74) is 2.77. The molecule has 6 nitrogen and oxygen atoms in total. The van der Waals surface area contributed by atoms with Crippen LogP contribution in [-0.4, -0.2) is 28.7 Å². The molecule has 6 heteroatoms. The Hall–Kier alpha value is -3.28. The first-order valence-electron chi connectivity index (χ1n) is 9.85. The molecule has 0 saturated carbocycles. The first kappa shape index (κ1) is 19.1. The van der Waals surface area contributed by atoms with E-state index in [0.29, 0.717) is 18.8 Å². The van der Waals surface area contributed by atoms with Gasteiger partial charge in [0.1, 0.15) is 13.2 Å². The quantitative estimate of drug-likeness (QED) is 0.694. The van der Waals surface area contributed by atoms with E-state index in [0.717, 1.165) is 29.2 Å². The SMILES string of the molecule is CC(C)[C@@H](NC(=O)c1ccc(Cn2ccnc2)cc1)c1ccc2c(c1)OCCO2. The summed E-state index contributed by atoms with van der Waals surface area (Å²) in [6.07, 6.45) is 5.45. The fraction of sp³-hybridized carbons (Fsp3) is 0.304. The molecule has 1 N–H and O–H groups in total. The van der Waals surface area contributed by atoms with Gasteiger partial charge in [-0.3, -0.25) is 4.79 Å². The summed E-state index contributed by atoms with van der Waals surface area (Å²) in [5.74, 6) is 1.62. The van der Waals surface area contributed by atoms with Gasteiger partial charge in [0.15, 0.2) is 11.5 Å². The second-order valence-electron chi connectivity index (χ2n) is 7.53. The van der Waals surface area contributed by atoms with Crippen LogP contribution in [-0.2, 0) is 6.54 Å². The predicted octanol–water partition coefficient (Wildman–Crippen LogP) is 3.83. The fourth-order valence-electron chi connectivity index (χ4n) is 3.47. The van der Waals surface area contributed by atoms with Crippen LogP contribution in [0.3, 0.4) is 0 Å². The third-order valence-electron chi connectivity index (χ3n) is 5.02. The maximum Gasteiger partial charge on any atom is 0.251 e. The van der Waals surface area contributed by atoms with Crippen LogP contribution < -0.4 is 14.8 Å². The second kappa shape index (κ2) is 8.39. The van der Waals surface area contributed by atoms with Crippen LogP contribution in [0.15, 0.2) is 61.2 Å². The van der Waals surface area contributed by atoms with Gasteiger partial charge in [0.05, 0.1) is 12.4 Å². The number of carbonyl (C=O) groups excluding carboxylic acids is 1. The summed E-state index contributed by atoms with van der Waals surface area (Å²) < 4.78 is 13.3. The average molecular weight is 391 g/mol. The molecular weight excluding hydrogens is 366 g/mol. The third kappa shape index (κ3) is 4.42. The van der Waals surface area contributed by atoms with E-state index in [2.05, 4.69) is 24.1 Å². The number of hydrogen-bond donors (Lipinski definition) is 1. The van der Waals surface area contributed by atoms with Crippen molar-refractivity contribution < 1.29 is 14.3 Å². The van der Waals surface area contributed by atoms with Gasteiger partial charge < -0.3 is 19.4 Å². The van der Waals surface area contributed by atoms with Crippen LogP contribution in [0.25, 0.3) is 0 Å². The number of amides is 1. The Balaban J connectivity index is 1.47. The van der Waals surface area contributed by atoms with Crippen molar-refractivity contribution in [1.29, 1.82) is 0 Å². The number of nitrogens with one attached hydrogen (secondary N) is 1. The highest BCUT2D eigenvalue weighted by Gasteiger charge is 2.22. The highest BCUT2D eigenvalue weighted by molar-refractivity contribution is 5.94. The Morgan fingerprint density at radius 2 is 1.86 bits per heavy atom. The predicted molar refractivity (Wildman–Crippen MR) is 110 cm³/mol. The zero-order valence-electron chi connectivity index (χ0n) is 16.7. The lowest BCUT2D eigenvalue weighted by Crippen LogP contribution is -2.32. The molecule has 0 unspecified atom stereocenters. The standard InChI is InChI=1S/C23H25N3O3/c1-16(2)22(19-7-8-20-21(13-19)29-12-11-28-20)25-23(27)18-5-3-17(4-6-18)14-26-10-9-24-15-26/h3-10,13,15-16,22H,11-12,14H2,1-2H3,(H,25,27)/t22-/m1/s1. The smallest absolute Gasteiger partial charge is 0.251 e. The number of ether oxygens (including phenoxy) is 2. The van der Waals surface area contributed by atoms with Crippen LogP contribution in [0, 0.1) is 5.92 Å². The monoisotopic (exact) mass is 391 g/mol. The Morgan fingerprint density at radius 1 is 1.10 bits per heavy atom. The molecule has 0 spiro atoms. The van der Waals surface area contributed by atoms with Crippen molar-refractivity contribution in [1.82, 2.24) is 14.9 Å². The summed E-state index contributed by atoms with van der Waals surface area (Å²) >= 11 is 0. The summed E-state index contributed by atoms with van der Waals surface area (Å²) in [7, 11) is 0. The summed E-state index contributed by atoms with van der Waals surface area (Å²) in [6.45, 7) is 6.02. The molecule has 0 radical (unpaired) electrons. The Morgan fingerprint density at radius 3 is 2.55 bits per heavy atom. The summed E-state index contributed by atoms with van der Waals surface area (Å²) in [5, 5.41) is 3.17. The van der Waals surface area contributed by atoms with Crippen molar-refractivity contribution in [3.63, 3.8) is 0 Å². The van der Waals surface area contributed by atoms with Gasteiger partial charge in [-0.05, 0) is 41.3 Å². The maximum absolute atomic E-state index is 12.9. The second-order valence-corrected chi connectivity index (χ2v) is 7.53. The number of nitrogens with zero attached hydrogens (tertiary/aromatic N) is 2. The number of hydrogen-bond acceptors (Lipinski definition) is 4. The van der Waals surface area contributed by atoms with Gasteiger partial charge in [0.2, 0.25) is 0 Å². The number of rotatable bonds is 6. The molecule has 4 rings (SSSR count). The molecule has 150 valence electrons. The van der Waals surface area contributed by atoms with E-state index in [4.69, 9.17) is 9.47 Å². The van der Waals surface area contributed by atoms with Crippen LogP contribution >= 0.6 is 0 Å². The minimum atomic E-state index is -0.121.